The van der Waals surface area contributed by atoms with Gasteiger partial charge >= 0.3 is 0 Å². The highest BCUT2D eigenvalue weighted by Crippen LogP contribution is 2.21. The molecule has 0 radical (unpaired) electrons. The molecule has 1 fully saturated rings. The largest absolute Gasteiger partial charge is 0.330 e. The number of sulfonamides is 1. The predicted molar refractivity (Wildman–Crippen MR) is 81.6 cm³/mol. The SMILES string of the molecule is Cc1nn(CCCN)c(C)c1S(=O)(=O)NC1CCN(C)C1. The highest BCUT2D eigenvalue weighted by molar-refractivity contribution is 7.89. The van der Waals surface area contributed by atoms with Crippen LogP contribution in [0.25, 0.3) is 0 Å². The van der Waals surface area contributed by atoms with Crippen LogP contribution in [0.4, 0.5) is 0 Å². The van der Waals surface area contributed by atoms with Gasteiger partial charge in [-0.1, -0.05) is 0 Å². The normalized spacial score (nSPS) is 20.3. The summed E-state index contributed by atoms with van der Waals surface area (Å²) in [5, 5.41) is 4.34. The van der Waals surface area contributed by atoms with Crippen molar-refractivity contribution in [1.82, 2.24) is 19.4 Å². The molecule has 0 aromatic carbocycles. The second kappa shape index (κ2) is 6.43. The van der Waals surface area contributed by atoms with Crippen LogP contribution < -0.4 is 10.5 Å². The third-order valence-electron chi connectivity index (χ3n) is 3.87. The number of likely N-dealkylation sites (tertiary alicyclic amines) is 1. The Hall–Kier alpha value is -0.960. The van der Waals surface area contributed by atoms with E-state index in [-0.39, 0.29) is 6.04 Å². The van der Waals surface area contributed by atoms with Crippen LogP contribution in [-0.4, -0.2) is 55.8 Å². The van der Waals surface area contributed by atoms with E-state index in [4.69, 9.17) is 5.73 Å². The summed E-state index contributed by atoms with van der Waals surface area (Å²) in [6.45, 7) is 6.41. The maximum absolute atomic E-state index is 12.6. The number of aromatic nitrogens is 2. The van der Waals surface area contributed by atoms with E-state index in [9.17, 15) is 8.42 Å². The Kier molecular flexibility index (Phi) is 5.03. The molecule has 7 nitrogen and oxygen atoms in total. The Morgan fingerprint density at radius 3 is 2.71 bits per heavy atom. The average Bonchev–Trinajstić information content (AvgIpc) is 2.90. The first kappa shape index (κ1) is 16.4. The number of hydrogen-bond acceptors (Lipinski definition) is 5. The zero-order valence-corrected chi connectivity index (χ0v) is 13.8. The Morgan fingerprint density at radius 1 is 1.43 bits per heavy atom. The van der Waals surface area contributed by atoms with Crippen molar-refractivity contribution in [3.05, 3.63) is 11.4 Å². The topological polar surface area (TPSA) is 93.2 Å². The fourth-order valence-electron chi connectivity index (χ4n) is 2.84. The molecule has 3 N–H and O–H groups in total. The number of rotatable bonds is 6. The van der Waals surface area contributed by atoms with Gasteiger partial charge in [0.15, 0.2) is 0 Å². The van der Waals surface area contributed by atoms with Crippen LogP contribution in [0.3, 0.4) is 0 Å². The van der Waals surface area contributed by atoms with Gasteiger partial charge in [0.05, 0.1) is 11.4 Å². The van der Waals surface area contributed by atoms with E-state index in [1.807, 2.05) is 7.05 Å². The van der Waals surface area contributed by atoms with E-state index in [1.165, 1.54) is 0 Å². The molecule has 1 aromatic heterocycles. The summed E-state index contributed by atoms with van der Waals surface area (Å²) in [5.41, 5.74) is 6.73. The summed E-state index contributed by atoms with van der Waals surface area (Å²) in [6.07, 6.45) is 1.62. The number of nitrogens with two attached hydrogens (primary N) is 1. The van der Waals surface area contributed by atoms with Gasteiger partial charge in [-0.05, 0) is 46.8 Å². The molecule has 0 bridgehead atoms. The van der Waals surface area contributed by atoms with Gasteiger partial charge in [0.1, 0.15) is 4.90 Å². The lowest BCUT2D eigenvalue weighted by Crippen LogP contribution is -2.36. The Balaban J connectivity index is 2.21. The van der Waals surface area contributed by atoms with Gasteiger partial charge in [-0.15, -0.1) is 0 Å². The number of likely N-dealkylation sites (N-methyl/N-ethyl adjacent to an activating group) is 1. The van der Waals surface area contributed by atoms with Crippen LogP contribution >= 0.6 is 0 Å². The molecule has 8 heteroatoms. The molecule has 1 aliphatic heterocycles. The number of hydrogen-bond donors (Lipinski definition) is 2. The number of aryl methyl sites for hydroxylation is 2. The lowest BCUT2D eigenvalue weighted by molar-refractivity contribution is 0.407. The van der Waals surface area contributed by atoms with Crippen LogP contribution in [0, 0.1) is 13.8 Å². The first-order chi connectivity index (χ1) is 9.85. The minimum absolute atomic E-state index is 0.0220. The lowest BCUT2D eigenvalue weighted by Gasteiger charge is -2.13. The molecule has 1 unspecified atom stereocenters. The summed E-state index contributed by atoms with van der Waals surface area (Å²) in [5.74, 6) is 0. The van der Waals surface area contributed by atoms with Crippen molar-refractivity contribution in [2.45, 2.75) is 44.2 Å². The standard InChI is InChI=1S/C13H25N5O2S/c1-10-13(11(2)18(15-10)7-4-6-14)21(19,20)16-12-5-8-17(3)9-12/h12,16H,4-9,14H2,1-3H3. The van der Waals surface area contributed by atoms with Gasteiger partial charge in [0.25, 0.3) is 0 Å². The lowest BCUT2D eigenvalue weighted by atomic mass is 10.3. The summed E-state index contributed by atoms with van der Waals surface area (Å²) in [7, 11) is -1.53. The summed E-state index contributed by atoms with van der Waals surface area (Å²) < 4.78 is 29.8. The molecule has 0 spiro atoms. The highest BCUT2D eigenvalue weighted by Gasteiger charge is 2.29. The van der Waals surface area contributed by atoms with E-state index in [2.05, 4.69) is 14.7 Å². The zero-order chi connectivity index (χ0) is 15.6. The molecule has 2 heterocycles. The van der Waals surface area contributed by atoms with Gasteiger partial charge in [-0.3, -0.25) is 4.68 Å². The van der Waals surface area contributed by atoms with Gasteiger partial charge in [0.2, 0.25) is 10.0 Å². The average molecular weight is 315 g/mol. The molecule has 120 valence electrons. The predicted octanol–water partition coefficient (Wildman–Crippen LogP) is -0.169. The van der Waals surface area contributed by atoms with E-state index < -0.39 is 10.0 Å². The Labute approximate surface area is 126 Å². The van der Waals surface area contributed by atoms with Crippen LogP contribution in [0.1, 0.15) is 24.2 Å². The van der Waals surface area contributed by atoms with Crippen molar-refractivity contribution in [3.63, 3.8) is 0 Å². The highest BCUT2D eigenvalue weighted by atomic mass is 32.2. The third-order valence-corrected chi connectivity index (χ3v) is 5.64. The molecular formula is C13H25N5O2S. The molecule has 1 saturated heterocycles. The first-order valence-corrected chi connectivity index (χ1v) is 8.78. The van der Waals surface area contributed by atoms with E-state index in [0.717, 1.165) is 25.9 Å². The van der Waals surface area contributed by atoms with Crippen molar-refractivity contribution >= 4 is 10.0 Å². The third kappa shape index (κ3) is 3.63. The minimum atomic E-state index is -3.52. The first-order valence-electron chi connectivity index (χ1n) is 7.30. The van der Waals surface area contributed by atoms with Crippen LogP contribution in [0.2, 0.25) is 0 Å². The quantitative estimate of drug-likeness (QED) is 0.760. The maximum Gasteiger partial charge on any atom is 0.244 e. The van der Waals surface area contributed by atoms with Crippen molar-refractivity contribution in [2.75, 3.05) is 26.7 Å². The fourth-order valence-corrected chi connectivity index (χ4v) is 4.51. The molecular weight excluding hydrogens is 290 g/mol. The number of nitrogens with one attached hydrogen (secondary N) is 1. The van der Waals surface area contributed by atoms with Gasteiger partial charge in [-0.25, -0.2) is 13.1 Å². The van der Waals surface area contributed by atoms with Gasteiger partial charge in [0, 0.05) is 19.1 Å². The van der Waals surface area contributed by atoms with Crippen LogP contribution in [-0.2, 0) is 16.6 Å². The monoisotopic (exact) mass is 315 g/mol. The maximum atomic E-state index is 12.6. The van der Waals surface area contributed by atoms with Crippen molar-refractivity contribution < 1.29 is 8.42 Å². The minimum Gasteiger partial charge on any atom is -0.330 e. The molecule has 1 aliphatic rings. The molecule has 1 atom stereocenters. The van der Waals surface area contributed by atoms with E-state index in [0.29, 0.717) is 29.4 Å². The van der Waals surface area contributed by atoms with Crippen molar-refractivity contribution in [1.29, 1.82) is 0 Å². The molecule has 0 amide bonds. The molecule has 0 saturated carbocycles. The van der Waals surface area contributed by atoms with Crippen molar-refractivity contribution in [3.8, 4) is 0 Å². The van der Waals surface area contributed by atoms with E-state index >= 15 is 0 Å². The van der Waals surface area contributed by atoms with Crippen molar-refractivity contribution in [2.24, 2.45) is 5.73 Å². The second-order valence-electron chi connectivity index (χ2n) is 5.73. The molecule has 0 aliphatic carbocycles. The van der Waals surface area contributed by atoms with E-state index in [1.54, 1.807) is 18.5 Å². The second-order valence-corrected chi connectivity index (χ2v) is 7.39. The summed E-state index contributed by atoms with van der Waals surface area (Å²) >= 11 is 0. The summed E-state index contributed by atoms with van der Waals surface area (Å²) in [6, 6.07) is -0.0220. The fraction of sp³-hybridized carbons (Fsp3) is 0.769. The molecule has 1 aromatic rings. The molecule has 21 heavy (non-hydrogen) atoms. The van der Waals surface area contributed by atoms with Gasteiger partial charge in [-0.2, -0.15) is 5.10 Å². The molecule has 2 rings (SSSR count). The Morgan fingerprint density at radius 2 is 2.14 bits per heavy atom. The van der Waals surface area contributed by atoms with Crippen LogP contribution in [0.15, 0.2) is 4.90 Å². The smallest absolute Gasteiger partial charge is 0.244 e. The summed E-state index contributed by atoms with van der Waals surface area (Å²) in [4.78, 5) is 2.44. The number of nitrogens with zero attached hydrogens (tertiary/aromatic N) is 3. The Bertz CT molecular complexity index is 596. The zero-order valence-electron chi connectivity index (χ0n) is 13.0. The van der Waals surface area contributed by atoms with Gasteiger partial charge < -0.3 is 10.6 Å². The van der Waals surface area contributed by atoms with Crippen LogP contribution in [0.5, 0.6) is 0 Å².